The Morgan fingerprint density at radius 1 is 1.19 bits per heavy atom. The molecule has 3 heterocycles. The lowest BCUT2D eigenvalue weighted by Crippen LogP contribution is -2.15. The van der Waals surface area contributed by atoms with E-state index in [2.05, 4.69) is 39.8 Å². The quantitative estimate of drug-likeness (QED) is 0.524. The van der Waals surface area contributed by atoms with E-state index in [1.807, 2.05) is 30.6 Å². The molecule has 0 unspecified atom stereocenters. The molecule has 1 aromatic carbocycles. The number of benzene rings is 1. The van der Waals surface area contributed by atoms with Gasteiger partial charge in [-0.2, -0.15) is 0 Å². The lowest BCUT2D eigenvalue weighted by Gasteiger charge is -2.11. The summed E-state index contributed by atoms with van der Waals surface area (Å²) < 4.78 is 16.2. The first kappa shape index (κ1) is 17.5. The second-order valence-electron chi connectivity index (χ2n) is 6.75. The number of H-pyrrole nitrogens is 1. The number of halogens is 1. The molecule has 4 rings (SSSR count). The van der Waals surface area contributed by atoms with E-state index in [-0.39, 0.29) is 5.82 Å². The van der Waals surface area contributed by atoms with Crippen molar-refractivity contribution < 1.29 is 4.39 Å². The maximum atomic E-state index is 14.1. The fourth-order valence-electron chi connectivity index (χ4n) is 3.64. The van der Waals surface area contributed by atoms with E-state index in [9.17, 15) is 4.39 Å². The first-order valence-corrected chi connectivity index (χ1v) is 9.24. The van der Waals surface area contributed by atoms with Crippen LogP contribution in [-0.2, 0) is 19.5 Å². The summed E-state index contributed by atoms with van der Waals surface area (Å²) in [5, 5.41) is 4.43. The fraction of sp³-hybridized carbons (Fsp3) is 0.227. The average molecular weight is 362 g/mol. The van der Waals surface area contributed by atoms with Gasteiger partial charge in [-0.15, -0.1) is 0 Å². The largest absolute Gasteiger partial charge is 0.358 e. The molecule has 0 radical (unpaired) electrons. The number of nitrogens with zero attached hydrogens (tertiary/aromatic N) is 2. The standard InChI is InChI=1S/C22H23FN4/c1-3-21-15(2)20-11-17(23)10-16(22(20)26-21)12-25-14-19-7-5-9-27(19)18-6-4-8-24-13-18/h4-11,13,25-26H,3,12,14H2,1-2H3. The predicted molar refractivity (Wildman–Crippen MR) is 106 cm³/mol. The number of hydrogen-bond donors (Lipinski definition) is 2. The van der Waals surface area contributed by atoms with Crippen LogP contribution in [-0.4, -0.2) is 14.5 Å². The molecule has 3 aromatic heterocycles. The fourth-order valence-corrected chi connectivity index (χ4v) is 3.64. The van der Waals surface area contributed by atoms with Crippen molar-refractivity contribution in [3.05, 3.63) is 83.3 Å². The highest BCUT2D eigenvalue weighted by molar-refractivity contribution is 5.87. The van der Waals surface area contributed by atoms with Crippen LogP contribution in [0.5, 0.6) is 0 Å². The van der Waals surface area contributed by atoms with Gasteiger partial charge in [0.25, 0.3) is 0 Å². The summed E-state index contributed by atoms with van der Waals surface area (Å²) in [6.45, 7) is 5.43. The van der Waals surface area contributed by atoms with Crippen molar-refractivity contribution in [3.63, 3.8) is 0 Å². The summed E-state index contributed by atoms with van der Waals surface area (Å²) in [6.07, 6.45) is 6.54. The van der Waals surface area contributed by atoms with Crippen molar-refractivity contribution in [2.45, 2.75) is 33.4 Å². The summed E-state index contributed by atoms with van der Waals surface area (Å²) in [5.74, 6) is -0.192. The SMILES string of the molecule is CCc1[nH]c2c(CNCc3cccn3-c3cccnc3)cc(F)cc2c1C. The molecule has 0 bridgehead atoms. The van der Waals surface area contributed by atoms with Crippen molar-refractivity contribution >= 4 is 10.9 Å². The molecule has 27 heavy (non-hydrogen) atoms. The van der Waals surface area contributed by atoms with E-state index in [1.165, 1.54) is 5.69 Å². The molecule has 0 amide bonds. The summed E-state index contributed by atoms with van der Waals surface area (Å²) in [6, 6.07) is 11.3. The van der Waals surface area contributed by atoms with E-state index in [0.717, 1.165) is 39.8 Å². The lowest BCUT2D eigenvalue weighted by molar-refractivity contribution is 0.621. The number of pyridine rings is 1. The van der Waals surface area contributed by atoms with Crippen molar-refractivity contribution in [2.24, 2.45) is 0 Å². The summed E-state index contributed by atoms with van der Waals surface area (Å²) in [7, 11) is 0. The monoisotopic (exact) mass is 362 g/mol. The zero-order chi connectivity index (χ0) is 18.8. The van der Waals surface area contributed by atoms with Crippen LogP contribution in [0.25, 0.3) is 16.6 Å². The Balaban J connectivity index is 1.55. The Labute approximate surface area is 158 Å². The van der Waals surface area contributed by atoms with Crippen LogP contribution < -0.4 is 5.32 Å². The number of aryl methyl sites for hydroxylation is 2. The molecule has 4 nitrogen and oxygen atoms in total. The minimum Gasteiger partial charge on any atom is -0.358 e. The van der Waals surface area contributed by atoms with Crippen LogP contribution in [0.2, 0.25) is 0 Å². The molecule has 4 aromatic rings. The van der Waals surface area contributed by atoms with Gasteiger partial charge in [-0.1, -0.05) is 6.92 Å². The van der Waals surface area contributed by atoms with Crippen LogP contribution in [0, 0.1) is 12.7 Å². The van der Waals surface area contributed by atoms with Crippen molar-refractivity contribution in [1.29, 1.82) is 0 Å². The second-order valence-corrected chi connectivity index (χ2v) is 6.75. The van der Waals surface area contributed by atoms with Gasteiger partial charge >= 0.3 is 0 Å². The molecule has 0 fully saturated rings. The van der Waals surface area contributed by atoms with Crippen LogP contribution in [0.15, 0.2) is 55.0 Å². The second kappa shape index (κ2) is 7.37. The van der Waals surface area contributed by atoms with E-state index in [4.69, 9.17) is 0 Å². The molecule has 0 saturated carbocycles. The third-order valence-corrected chi connectivity index (χ3v) is 5.05. The third kappa shape index (κ3) is 3.38. The summed E-state index contributed by atoms with van der Waals surface area (Å²) in [5.41, 5.74) is 6.45. The van der Waals surface area contributed by atoms with Gasteiger partial charge in [0.1, 0.15) is 5.82 Å². The Kier molecular flexibility index (Phi) is 4.77. The number of rotatable bonds is 6. The van der Waals surface area contributed by atoms with Gasteiger partial charge in [-0.05, 0) is 60.9 Å². The zero-order valence-electron chi connectivity index (χ0n) is 15.6. The molecule has 0 atom stereocenters. The molecule has 0 saturated heterocycles. The summed E-state index contributed by atoms with van der Waals surface area (Å²) >= 11 is 0. The van der Waals surface area contributed by atoms with Gasteiger partial charge in [-0.3, -0.25) is 4.98 Å². The van der Waals surface area contributed by atoms with Crippen LogP contribution in [0.4, 0.5) is 4.39 Å². The highest BCUT2D eigenvalue weighted by Gasteiger charge is 2.12. The minimum atomic E-state index is -0.192. The van der Waals surface area contributed by atoms with Gasteiger partial charge in [0, 0.05) is 42.3 Å². The molecule has 0 aliphatic rings. The Bertz CT molecular complexity index is 1060. The van der Waals surface area contributed by atoms with Crippen molar-refractivity contribution in [3.8, 4) is 5.69 Å². The molecule has 0 spiro atoms. The molecular formula is C22H23FN4. The van der Waals surface area contributed by atoms with Gasteiger partial charge in [0.15, 0.2) is 0 Å². The highest BCUT2D eigenvalue weighted by atomic mass is 19.1. The Hall–Kier alpha value is -2.92. The molecule has 0 aliphatic carbocycles. The Morgan fingerprint density at radius 2 is 2.07 bits per heavy atom. The molecule has 0 aliphatic heterocycles. The normalized spacial score (nSPS) is 11.4. The van der Waals surface area contributed by atoms with Gasteiger partial charge in [0.2, 0.25) is 0 Å². The topological polar surface area (TPSA) is 45.6 Å². The number of fused-ring (bicyclic) bond motifs is 1. The minimum absolute atomic E-state index is 0.192. The number of hydrogen-bond acceptors (Lipinski definition) is 2. The van der Waals surface area contributed by atoms with Gasteiger partial charge in [-0.25, -0.2) is 4.39 Å². The predicted octanol–water partition coefficient (Wildman–Crippen LogP) is 4.65. The van der Waals surface area contributed by atoms with Crippen molar-refractivity contribution in [2.75, 3.05) is 0 Å². The molecule has 2 N–H and O–H groups in total. The van der Waals surface area contributed by atoms with Crippen LogP contribution in [0.3, 0.4) is 0 Å². The zero-order valence-corrected chi connectivity index (χ0v) is 15.6. The number of nitrogens with one attached hydrogen (secondary N) is 2. The van der Waals surface area contributed by atoms with Crippen LogP contribution in [0.1, 0.15) is 29.4 Å². The lowest BCUT2D eigenvalue weighted by atomic mass is 10.1. The van der Waals surface area contributed by atoms with Gasteiger partial charge in [0.05, 0.1) is 17.4 Å². The molecular weight excluding hydrogens is 339 g/mol. The maximum Gasteiger partial charge on any atom is 0.124 e. The first-order valence-electron chi connectivity index (χ1n) is 9.24. The van der Waals surface area contributed by atoms with E-state index >= 15 is 0 Å². The van der Waals surface area contributed by atoms with E-state index < -0.39 is 0 Å². The average Bonchev–Trinajstić information content (AvgIpc) is 3.27. The Morgan fingerprint density at radius 3 is 2.85 bits per heavy atom. The van der Waals surface area contributed by atoms with Crippen molar-refractivity contribution in [1.82, 2.24) is 19.9 Å². The molecule has 138 valence electrons. The molecule has 5 heteroatoms. The summed E-state index contributed by atoms with van der Waals surface area (Å²) in [4.78, 5) is 7.66. The number of aromatic amines is 1. The smallest absolute Gasteiger partial charge is 0.124 e. The van der Waals surface area contributed by atoms with E-state index in [0.29, 0.717) is 13.1 Å². The first-order chi connectivity index (χ1) is 13.2. The van der Waals surface area contributed by atoms with Gasteiger partial charge < -0.3 is 14.9 Å². The third-order valence-electron chi connectivity index (χ3n) is 5.05. The maximum absolute atomic E-state index is 14.1. The number of aromatic nitrogens is 3. The van der Waals surface area contributed by atoms with Crippen LogP contribution >= 0.6 is 0 Å². The highest BCUT2D eigenvalue weighted by Crippen LogP contribution is 2.26. The van der Waals surface area contributed by atoms with E-state index in [1.54, 1.807) is 18.3 Å².